The number of hydrogen-bond donors (Lipinski definition) is 3. The molecule has 0 atom stereocenters. The molecule has 3 aromatic rings. The van der Waals surface area contributed by atoms with Gasteiger partial charge in [0, 0.05) is 56.7 Å². The lowest BCUT2D eigenvalue weighted by Crippen LogP contribution is -2.38. The summed E-state index contributed by atoms with van der Waals surface area (Å²) >= 11 is 0. The first-order valence-electron chi connectivity index (χ1n) is 11.8. The van der Waals surface area contributed by atoms with Crippen LogP contribution >= 0.6 is 0 Å². The van der Waals surface area contributed by atoms with Crippen molar-refractivity contribution in [1.82, 2.24) is 24.4 Å². The van der Waals surface area contributed by atoms with E-state index in [0.29, 0.717) is 34.8 Å². The van der Waals surface area contributed by atoms with Crippen molar-refractivity contribution in [3.8, 4) is 0 Å². The van der Waals surface area contributed by atoms with E-state index in [0.717, 1.165) is 38.8 Å². The van der Waals surface area contributed by atoms with Gasteiger partial charge in [0.1, 0.15) is 18.2 Å². The number of halogens is 1. The first kappa shape index (κ1) is 22.4. The minimum Gasteiger partial charge on any atom is -0.373 e. The third-order valence-electron chi connectivity index (χ3n) is 6.64. The molecule has 0 radical (unpaired) electrons. The first-order valence-corrected chi connectivity index (χ1v) is 11.8. The minimum atomic E-state index is -0.343. The summed E-state index contributed by atoms with van der Waals surface area (Å²) in [7, 11) is 1.79. The van der Waals surface area contributed by atoms with Gasteiger partial charge in [-0.2, -0.15) is 5.10 Å². The molecule has 180 valence electrons. The number of alkyl halides is 1. The molecule has 1 aliphatic carbocycles. The molecule has 0 unspecified atom stereocenters. The number of likely N-dealkylation sites (tertiary alicyclic amines) is 1. The van der Waals surface area contributed by atoms with Gasteiger partial charge in [-0.25, -0.2) is 8.91 Å². The molecule has 0 bridgehead atoms. The summed E-state index contributed by atoms with van der Waals surface area (Å²) in [5.74, 6) is 0.555. The lowest BCUT2D eigenvalue weighted by Gasteiger charge is -2.32. The van der Waals surface area contributed by atoms with Crippen molar-refractivity contribution < 1.29 is 9.18 Å². The molecule has 3 aromatic heterocycles. The van der Waals surface area contributed by atoms with Crippen LogP contribution in [0.3, 0.4) is 0 Å². The standard InChI is InChI=1S/C24H30FN7O2/c1-26-22-14-17(13-21-19(15-27-32(21)22)23(33)29-16-4-5-16)28-20-3-2-9-31(24(20)34)18-6-10-30(11-7-18)12-8-25/h2-3,9,13-16,18,26,28H,4-8,10-12H2,1H3,(H,29,33). The van der Waals surface area contributed by atoms with Crippen LogP contribution in [-0.4, -0.2) is 64.4 Å². The molecular weight excluding hydrogens is 437 g/mol. The number of nitrogens with one attached hydrogen (secondary N) is 3. The Morgan fingerprint density at radius 1 is 1.21 bits per heavy atom. The predicted molar refractivity (Wildman–Crippen MR) is 130 cm³/mol. The Kier molecular flexibility index (Phi) is 6.23. The smallest absolute Gasteiger partial charge is 0.274 e. The molecular formula is C24H30FN7O2. The highest BCUT2D eigenvalue weighted by Gasteiger charge is 2.26. The number of rotatable bonds is 8. The van der Waals surface area contributed by atoms with Crippen LogP contribution in [0.15, 0.2) is 41.5 Å². The van der Waals surface area contributed by atoms with Crippen molar-refractivity contribution in [2.24, 2.45) is 0 Å². The molecule has 1 saturated carbocycles. The van der Waals surface area contributed by atoms with Crippen LogP contribution in [0, 0.1) is 0 Å². The molecule has 1 aliphatic heterocycles. The molecule has 0 spiro atoms. The fourth-order valence-electron chi connectivity index (χ4n) is 4.59. The highest BCUT2D eigenvalue weighted by molar-refractivity contribution is 6.01. The Labute approximate surface area is 196 Å². The third kappa shape index (κ3) is 4.50. The molecule has 4 heterocycles. The van der Waals surface area contributed by atoms with E-state index >= 15 is 0 Å². The van der Waals surface area contributed by atoms with E-state index in [1.165, 1.54) is 0 Å². The van der Waals surface area contributed by atoms with Crippen LogP contribution in [0.1, 0.15) is 42.1 Å². The molecule has 0 aromatic carbocycles. The molecule has 9 nitrogen and oxygen atoms in total. The number of anilines is 3. The Bertz CT molecular complexity index is 1240. The topological polar surface area (TPSA) is 95.7 Å². The van der Waals surface area contributed by atoms with Gasteiger partial charge in [-0.1, -0.05) is 0 Å². The summed E-state index contributed by atoms with van der Waals surface area (Å²) in [4.78, 5) is 28.1. The zero-order valence-electron chi connectivity index (χ0n) is 19.3. The van der Waals surface area contributed by atoms with Crippen molar-refractivity contribution in [2.75, 3.05) is 44.0 Å². The van der Waals surface area contributed by atoms with Crippen LogP contribution in [0.2, 0.25) is 0 Å². The van der Waals surface area contributed by atoms with Crippen molar-refractivity contribution >= 4 is 28.6 Å². The van der Waals surface area contributed by atoms with E-state index in [2.05, 4.69) is 25.9 Å². The molecule has 5 rings (SSSR count). The van der Waals surface area contributed by atoms with Crippen molar-refractivity contribution in [1.29, 1.82) is 0 Å². The van der Waals surface area contributed by atoms with Gasteiger partial charge in [0.05, 0.1) is 17.3 Å². The van der Waals surface area contributed by atoms with Gasteiger partial charge in [-0.3, -0.25) is 9.59 Å². The zero-order chi connectivity index (χ0) is 23.7. The maximum atomic E-state index is 13.3. The molecule has 2 aliphatic rings. The Morgan fingerprint density at radius 2 is 2.00 bits per heavy atom. The van der Waals surface area contributed by atoms with Crippen LogP contribution in [0.5, 0.6) is 0 Å². The van der Waals surface area contributed by atoms with Crippen molar-refractivity contribution in [3.05, 3.63) is 52.6 Å². The lowest BCUT2D eigenvalue weighted by atomic mass is 10.0. The second-order valence-corrected chi connectivity index (χ2v) is 9.00. The van der Waals surface area contributed by atoms with Crippen molar-refractivity contribution in [3.63, 3.8) is 0 Å². The van der Waals surface area contributed by atoms with E-state index in [1.807, 2.05) is 24.4 Å². The van der Waals surface area contributed by atoms with E-state index < -0.39 is 0 Å². The van der Waals surface area contributed by atoms with Gasteiger partial charge < -0.3 is 25.4 Å². The lowest BCUT2D eigenvalue weighted by molar-refractivity contribution is 0.0952. The average molecular weight is 468 g/mol. The maximum Gasteiger partial charge on any atom is 0.274 e. The molecule has 2 fully saturated rings. The highest BCUT2D eigenvalue weighted by atomic mass is 19.1. The number of carbonyl (C=O) groups is 1. The summed E-state index contributed by atoms with van der Waals surface area (Å²) in [5, 5.41) is 13.7. The van der Waals surface area contributed by atoms with E-state index in [-0.39, 0.29) is 30.2 Å². The largest absolute Gasteiger partial charge is 0.373 e. The summed E-state index contributed by atoms with van der Waals surface area (Å²) < 4.78 is 16.1. The number of carbonyl (C=O) groups excluding carboxylic acids is 1. The summed E-state index contributed by atoms with van der Waals surface area (Å²) in [6.45, 7) is 1.68. The molecule has 1 saturated heterocycles. The van der Waals surface area contributed by atoms with Gasteiger partial charge in [0.2, 0.25) is 0 Å². The monoisotopic (exact) mass is 467 g/mol. The normalized spacial score (nSPS) is 17.1. The SMILES string of the molecule is CNc1cc(Nc2cccn(C3CCN(CCF)CC3)c2=O)cc2c(C(=O)NC3CC3)cnn12. The van der Waals surface area contributed by atoms with E-state index in [1.54, 1.807) is 28.4 Å². The van der Waals surface area contributed by atoms with E-state index in [4.69, 9.17) is 0 Å². The Hall–Kier alpha value is -3.40. The third-order valence-corrected chi connectivity index (χ3v) is 6.64. The highest BCUT2D eigenvalue weighted by Crippen LogP contribution is 2.26. The van der Waals surface area contributed by atoms with Gasteiger partial charge >= 0.3 is 0 Å². The average Bonchev–Trinajstić information content (AvgIpc) is 3.55. The first-order chi connectivity index (χ1) is 16.6. The quantitative estimate of drug-likeness (QED) is 0.472. The fourth-order valence-corrected chi connectivity index (χ4v) is 4.59. The maximum absolute atomic E-state index is 13.3. The molecule has 34 heavy (non-hydrogen) atoms. The number of amides is 1. The number of pyridine rings is 2. The number of aromatic nitrogens is 3. The van der Waals surface area contributed by atoms with Crippen LogP contribution in [0.4, 0.5) is 21.6 Å². The van der Waals surface area contributed by atoms with Crippen LogP contribution in [-0.2, 0) is 0 Å². The van der Waals surface area contributed by atoms with Gasteiger partial charge in [-0.15, -0.1) is 0 Å². The van der Waals surface area contributed by atoms with Gasteiger partial charge in [0.15, 0.2) is 0 Å². The molecule has 3 N–H and O–H groups in total. The second-order valence-electron chi connectivity index (χ2n) is 9.00. The van der Waals surface area contributed by atoms with Crippen LogP contribution in [0.25, 0.3) is 5.52 Å². The number of hydrogen-bond acceptors (Lipinski definition) is 6. The van der Waals surface area contributed by atoms with Crippen LogP contribution < -0.4 is 21.5 Å². The van der Waals surface area contributed by atoms with Gasteiger partial charge in [0.25, 0.3) is 11.5 Å². The van der Waals surface area contributed by atoms with Gasteiger partial charge in [-0.05, 0) is 43.9 Å². The minimum absolute atomic E-state index is 0.0908. The molecule has 10 heteroatoms. The molecule has 1 amide bonds. The summed E-state index contributed by atoms with van der Waals surface area (Å²) in [6.07, 6.45) is 7.04. The summed E-state index contributed by atoms with van der Waals surface area (Å²) in [5.41, 5.74) is 2.20. The second kappa shape index (κ2) is 9.46. The predicted octanol–water partition coefficient (Wildman–Crippen LogP) is 2.78. The summed E-state index contributed by atoms with van der Waals surface area (Å²) in [6, 6.07) is 7.66. The Morgan fingerprint density at radius 3 is 2.71 bits per heavy atom. The fraction of sp³-hybridized carbons (Fsp3) is 0.458. The van der Waals surface area contributed by atoms with E-state index in [9.17, 15) is 14.0 Å². The Balaban J connectivity index is 1.41. The van der Waals surface area contributed by atoms with Crippen molar-refractivity contribution in [2.45, 2.75) is 37.8 Å². The number of piperidine rings is 1. The number of fused-ring (bicyclic) bond motifs is 1. The zero-order valence-corrected chi connectivity index (χ0v) is 19.3. The number of nitrogens with zero attached hydrogens (tertiary/aromatic N) is 4.